The van der Waals surface area contributed by atoms with Crippen LogP contribution in [0.5, 0.6) is 11.6 Å². The zero-order valence-electron chi connectivity index (χ0n) is 10.8. The number of fused-ring (bicyclic) bond motifs is 1. The molecule has 0 bridgehead atoms. The number of halogens is 1. The van der Waals surface area contributed by atoms with Crippen molar-refractivity contribution in [2.45, 2.75) is 6.92 Å². The first-order valence-electron chi connectivity index (χ1n) is 5.97. The first kappa shape index (κ1) is 13.4. The topological polar surface area (TPSA) is 72.3 Å². The van der Waals surface area contributed by atoms with Crippen LogP contribution in [0.15, 0.2) is 30.6 Å². The maximum absolute atomic E-state index is 13.2. The van der Waals surface area contributed by atoms with Gasteiger partial charge in [-0.25, -0.2) is 19.2 Å². The molecule has 0 atom stereocenters. The van der Waals surface area contributed by atoms with Crippen LogP contribution in [0.4, 0.5) is 4.39 Å². The highest BCUT2D eigenvalue weighted by atomic mass is 32.1. The van der Waals surface area contributed by atoms with Crippen LogP contribution in [0.25, 0.3) is 10.2 Å². The Kier molecular flexibility index (Phi) is 3.26. The number of benzene rings is 1. The van der Waals surface area contributed by atoms with Gasteiger partial charge in [-0.2, -0.15) is 0 Å². The lowest BCUT2D eigenvalue weighted by molar-refractivity contribution is 0.0701. The lowest BCUT2D eigenvalue weighted by atomic mass is 10.2. The molecule has 0 fully saturated rings. The molecule has 0 unspecified atom stereocenters. The largest absolute Gasteiger partial charge is 0.477 e. The molecule has 0 saturated carbocycles. The van der Waals surface area contributed by atoms with Crippen molar-refractivity contribution >= 4 is 27.5 Å². The Morgan fingerprint density at radius 1 is 1.38 bits per heavy atom. The number of aromatic nitrogens is 2. The first-order chi connectivity index (χ1) is 10.1. The fourth-order valence-electron chi connectivity index (χ4n) is 1.96. The highest BCUT2D eigenvalue weighted by Gasteiger charge is 2.19. The van der Waals surface area contributed by atoms with E-state index in [0.717, 1.165) is 11.3 Å². The molecular weight excluding hydrogens is 295 g/mol. The van der Waals surface area contributed by atoms with Gasteiger partial charge >= 0.3 is 5.97 Å². The molecule has 106 valence electrons. The number of aryl methyl sites for hydroxylation is 1. The van der Waals surface area contributed by atoms with E-state index in [-0.39, 0.29) is 16.5 Å². The summed E-state index contributed by atoms with van der Waals surface area (Å²) >= 11 is 1.06. The van der Waals surface area contributed by atoms with E-state index in [9.17, 15) is 9.18 Å². The summed E-state index contributed by atoms with van der Waals surface area (Å²) in [5.74, 6) is -0.942. The number of thiophene rings is 1. The van der Waals surface area contributed by atoms with Crippen molar-refractivity contribution in [1.29, 1.82) is 0 Å². The van der Waals surface area contributed by atoms with Gasteiger partial charge in [0.15, 0.2) is 0 Å². The predicted molar refractivity (Wildman–Crippen MR) is 75.6 cm³/mol. The summed E-state index contributed by atoms with van der Waals surface area (Å²) in [4.78, 5) is 20.0. The molecule has 1 N–H and O–H groups in total. The monoisotopic (exact) mass is 304 g/mol. The number of aromatic carboxylic acids is 1. The van der Waals surface area contributed by atoms with Gasteiger partial charge in [0.1, 0.15) is 27.6 Å². The van der Waals surface area contributed by atoms with Gasteiger partial charge in [0.05, 0.1) is 5.39 Å². The van der Waals surface area contributed by atoms with E-state index in [1.165, 1.54) is 24.5 Å². The van der Waals surface area contributed by atoms with Crippen molar-refractivity contribution in [3.8, 4) is 11.6 Å². The maximum atomic E-state index is 13.2. The molecule has 0 saturated heterocycles. The molecule has 5 nitrogen and oxygen atoms in total. The minimum Gasteiger partial charge on any atom is -0.477 e. The number of ether oxygens (including phenoxy) is 1. The molecule has 2 heterocycles. The Labute approximate surface area is 122 Å². The summed E-state index contributed by atoms with van der Waals surface area (Å²) in [5, 5.41) is 9.69. The van der Waals surface area contributed by atoms with Crippen LogP contribution in [0, 0.1) is 12.7 Å². The molecule has 21 heavy (non-hydrogen) atoms. The van der Waals surface area contributed by atoms with Gasteiger partial charge in [0, 0.05) is 6.07 Å². The smallest absolute Gasteiger partial charge is 0.346 e. The summed E-state index contributed by atoms with van der Waals surface area (Å²) in [6.07, 6.45) is 1.29. The van der Waals surface area contributed by atoms with Gasteiger partial charge in [-0.3, -0.25) is 0 Å². The number of nitrogens with zero attached hydrogens (tertiary/aromatic N) is 2. The van der Waals surface area contributed by atoms with Gasteiger partial charge < -0.3 is 9.84 Å². The van der Waals surface area contributed by atoms with E-state index in [1.807, 2.05) is 0 Å². The normalized spacial score (nSPS) is 10.8. The molecule has 7 heteroatoms. The lowest BCUT2D eigenvalue weighted by Gasteiger charge is -2.06. The third kappa shape index (κ3) is 2.43. The molecule has 3 rings (SSSR count). The van der Waals surface area contributed by atoms with Crippen molar-refractivity contribution in [3.05, 3.63) is 46.9 Å². The molecule has 3 aromatic rings. The molecule has 0 aliphatic rings. The third-order valence-corrected chi connectivity index (χ3v) is 4.08. The Hall–Kier alpha value is -2.54. The number of hydrogen-bond donors (Lipinski definition) is 1. The van der Waals surface area contributed by atoms with Gasteiger partial charge in [0.25, 0.3) is 0 Å². The number of carbonyl (C=O) groups is 1. The van der Waals surface area contributed by atoms with E-state index in [2.05, 4.69) is 9.97 Å². The van der Waals surface area contributed by atoms with E-state index in [4.69, 9.17) is 9.84 Å². The Balaban J connectivity index is 2.12. The van der Waals surface area contributed by atoms with Crippen molar-refractivity contribution in [1.82, 2.24) is 9.97 Å². The minimum absolute atomic E-state index is 0.189. The van der Waals surface area contributed by atoms with Crippen LogP contribution >= 0.6 is 11.3 Å². The van der Waals surface area contributed by atoms with Crippen LogP contribution in [0.1, 0.15) is 15.2 Å². The van der Waals surface area contributed by atoms with Crippen molar-refractivity contribution < 1.29 is 19.0 Å². The van der Waals surface area contributed by atoms with Crippen LogP contribution < -0.4 is 4.74 Å². The first-order valence-corrected chi connectivity index (χ1v) is 6.78. The SMILES string of the molecule is Cc1c(C(=O)O)sc2ncnc(Oc3cccc(F)c3)c12. The zero-order chi connectivity index (χ0) is 15.0. The molecule has 1 aromatic carbocycles. The second-order valence-corrected chi connectivity index (χ2v) is 5.28. The maximum Gasteiger partial charge on any atom is 0.346 e. The van der Waals surface area contributed by atoms with Crippen molar-refractivity contribution in [3.63, 3.8) is 0 Å². The summed E-state index contributed by atoms with van der Waals surface area (Å²) in [5.41, 5.74) is 0.537. The summed E-state index contributed by atoms with van der Waals surface area (Å²) in [6, 6.07) is 5.65. The molecule has 0 radical (unpaired) electrons. The second-order valence-electron chi connectivity index (χ2n) is 4.28. The summed E-state index contributed by atoms with van der Waals surface area (Å²) in [7, 11) is 0. The van der Waals surface area contributed by atoms with Crippen LogP contribution in [0.3, 0.4) is 0 Å². The Morgan fingerprint density at radius 2 is 2.19 bits per heavy atom. The fourth-order valence-corrected chi connectivity index (χ4v) is 2.94. The number of hydrogen-bond acceptors (Lipinski definition) is 5. The molecule has 0 aliphatic heterocycles. The van der Waals surface area contributed by atoms with Crippen LogP contribution in [-0.4, -0.2) is 21.0 Å². The van der Waals surface area contributed by atoms with E-state index in [0.29, 0.717) is 15.8 Å². The van der Waals surface area contributed by atoms with E-state index < -0.39 is 11.8 Å². The fraction of sp³-hybridized carbons (Fsp3) is 0.0714. The molecule has 0 spiro atoms. The highest BCUT2D eigenvalue weighted by molar-refractivity contribution is 7.20. The van der Waals surface area contributed by atoms with Gasteiger partial charge in [-0.15, -0.1) is 11.3 Å². The second kappa shape index (κ2) is 5.10. The third-order valence-electron chi connectivity index (χ3n) is 2.90. The number of carboxylic acids is 1. The van der Waals surface area contributed by atoms with Gasteiger partial charge in [0.2, 0.25) is 5.88 Å². The summed E-state index contributed by atoms with van der Waals surface area (Å²) < 4.78 is 18.8. The number of carboxylic acid groups (broad SMARTS) is 1. The standard InChI is InChI=1S/C14H9FN2O3S/c1-7-10-12(20-9-4-2-3-8(15)5-9)16-6-17-13(10)21-11(7)14(18)19/h2-6H,1H3,(H,18,19). The number of rotatable bonds is 3. The average Bonchev–Trinajstić information content (AvgIpc) is 2.77. The molecule has 0 aliphatic carbocycles. The van der Waals surface area contributed by atoms with Crippen LogP contribution in [-0.2, 0) is 0 Å². The van der Waals surface area contributed by atoms with Gasteiger partial charge in [-0.05, 0) is 24.6 Å². The highest BCUT2D eigenvalue weighted by Crippen LogP contribution is 2.36. The van der Waals surface area contributed by atoms with E-state index >= 15 is 0 Å². The quantitative estimate of drug-likeness (QED) is 0.800. The van der Waals surface area contributed by atoms with Gasteiger partial charge in [-0.1, -0.05) is 6.07 Å². The zero-order valence-corrected chi connectivity index (χ0v) is 11.6. The molecule has 2 aromatic heterocycles. The average molecular weight is 304 g/mol. The lowest BCUT2D eigenvalue weighted by Crippen LogP contribution is -1.95. The Morgan fingerprint density at radius 3 is 2.90 bits per heavy atom. The van der Waals surface area contributed by atoms with Crippen molar-refractivity contribution in [2.75, 3.05) is 0 Å². The molecular formula is C14H9FN2O3S. The van der Waals surface area contributed by atoms with Crippen LogP contribution in [0.2, 0.25) is 0 Å². The predicted octanol–water partition coefficient (Wildman–Crippen LogP) is 3.63. The molecule has 0 amide bonds. The summed E-state index contributed by atoms with van der Waals surface area (Å²) in [6.45, 7) is 1.67. The van der Waals surface area contributed by atoms with E-state index in [1.54, 1.807) is 13.0 Å². The van der Waals surface area contributed by atoms with Crippen molar-refractivity contribution in [2.24, 2.45) is 0 Å². The minimum atomic E-state index is -1.02. The Bertz CT molecular complexity index is 847.